The van der Waals surface area contributed by atoms with Gasteiger partial charge >= 0.3 is 0 Å². The average Bonchev–Trinajstić information content (AvgIpc) is 3.29. The highest BCUT2D eigenvalue weighted by Crippen LogP contribution is 2.29. The normalized spacial score (nSPS) is 10.8. The van der Waals surface area contributed by atoms with Crippen molar-refractivity contribution in [3.8, 4) is 11.3 Å². The van der Waals surface area contributed by atoms with E-state index in [1.807, 2.05) is 74.5 Å². The van der Waals surface area contributed by atoms with E-state index in [-0.39, 0.29) is 5.91 Å². The summed E-state index contributed by atoms with van der Waals surface area (Å²) in [4.78, 5) is 21.7. The summed E-state index contributed by atoms with van der Waals surface area (Å²) in [5.41, 5.74) is 3.66. The van der Waals surface area contributed by atoms with Crippen LogP contribution >= 0.6 is 0 Å². The van der Waals surface area contributed by atoms with Crippen LogP contribution in [0.25, 0.3) is 22.2 Å². The van der Waals surface area contributed by atoms with Crippen molar-refractivity contribution in [3.05, 3.63) is 90.3 Å². The van der Waals surface area contributed by atoms with E-state index in [0.29, 0.717) is 34.2 Å². The van der Waals surface area contributed by atoms with Crippen molar-refractivity contribution < 1.29 is 9.32 Å². The quantitative estimate of drug-likeness (QED) is 0.270. The van der Waals surface area contributed by atoms with Gasteiger partial charge in [-0.15, -0.1) is 0 Å². The van der Waals surface area contributed by atoms with Crippen molar-refractivity contribution in [2.24, 2.45) is 0 Å². The number of hydrogen-bond donors (Lipinski definition) is 3. The topological polar surface area (TPSA) is 105 Å². The molecule has 8 nitrogen and oxygen atoms in total. The molecule has 0 spiro atoms. The van der Waals surface area contributed by atoms with Crippen molar-refractivity contribution in [2.75, 3.05) is 22.5 Å². The largest absolute Gasteiger partial charge is 0.370 e. The van der Waals surface area contributed by atoms with Gasteiger partial charge in [-0.3, -0.25) is 4.79 Å². The zero-order valence-corrected chi connectivity index (χ0v) is 19.4. The maximum atomic E-state index is 12.9. The molecule has 0 saturated carbocycles. The molecule has 174 valence electrons. The number of carbonyl (C=O) groups is 1. The molecule has 2 aromatic heterocycles. The van der Waals surface area contributed by atoms with Crippen molar-refractivity contribution in [1.29, 1.82) is 0 Å². The van der Waals surface area contributed by atoms with Crippen molar-refractivity contribution in [2.45, 2.75) is 13.8 Å². The Labute approximate surface area is 202 Å². The van der Waals surface area contributed by atoms with E-state index in [1.165, 1.54) is 0 Å². The number of aryl methyl sites for hydroxylation is 1. The van der Waals surface area contributed by atoms with E-state index in [2.05, 4.69) is 31.1 Å². The van der Waals surface area contributed by atoms with Gasteiger partial charge in [0.1, 0.15) is 23.0 Å². The fourth-order valence-electron chi connectivity index (χ4n) is 3.77. The average molecular weight is 465 g/mol. The van der Waals surface area contributed by atoms with Crippen LogP contribution in [0.15, 0.2) is 83.4 Å². The minimum atomic E-state index is -0.213. The van der Waals surface area contributed by atoms with Gasteiger partial charge in [0.15, 0.2) is 5.76 Å². The Balaban J connectivity index is 1.31. The molecule has 5 rings (SSSR count). The number of nitrogens with one attached hydrogen (secondary N) is 3. The summed E-state index contributed by atoms with van der Waals surface area (Å²) < 4.78 is 5.54. The van der Waals surface area contributed by atoms with Crippen LogP contribution in [0.2, 0.25) is 0 Å². The molecule has 35 heavy (non-hydrogen) atoms. The first-order valence-electron chi connectivity index (χ1n) is 11.3. The Morgan fingerprint density at radius 1 is 0.886 bits per heavy atom. The SMILES string of the molecule is CCNc1cc(Nc2ccc(NC(=O)c3ccc4noc(-c5ccccc5)c4c3)cc2)nc(C)n1. The monoisotopic (exact) mass is 464 g/mol. The maximum absolute atomic E-state index is 12.9. The van der Waals surface area contributed by atoms with Crippen LogP contribution < -0.4 is 16.0 Å². The van der Waals surface area contributed by atoms with Crippen LogP contribution in [0.3, 0.4) is 0 Å². The third-order valence-corrected chi connectivity index (χ3v) is 5.39. The van der Waals surface area contributed by atoms with Crippen LogP contribution in [0.1, 0.15) is 23.1 Å². The molecule has 0 saturated heterocycles. The summed E-state index contributed by atoms with van der Waals surface area (Å²) in [6.07, 6.45) is 0. The summed E-state index contributed by atoms with van der Waals surface area (Å²) in [7, 11) is 0. The van der Waals surface area contributed by atoms with E-state index in [4.69, 9.17) is 4.52 Å². The molecule has 2 heterocycles. The highest BCUT2D eigenvalue weighted by Gasteiger charge is 2.14. The predicted molar refractivity (Wildman–Crippen MR) is 138 cm³/mol. The number of benzene rings is 3. The molecule has 8 heteroatoms. The highest BCUT2D eigenvalue weighted by atomic mass is 16.5. The molecule has 0 bridgehead atoms. The third kappa shape index (κ3) is 4.96. The summed E-state index contributed by atoms with van der Waals surface area (Å²) >= 11 is 0. The van der Waals surface area contributed by atoms with Gasteiger partial charge in [-0.25, -0.2) is 9.97 Å². The van der Waals surface area contributed by atoms with Crippen molar-refractivity contribution in [1.82, 2.24) is 15.1 Å². The zero-order chi connectivity index (χ0) is 24.2. The zero-order valence-electron chi connectivity index (χ0n) is 19.4. The molecule has 0 aliphatic rings. The minimum Gasteiger partial charge on any atom is -0.370 e. The second-order valence-electron chi connectivity index (χ2n) is 7.98. The van der Waals surface area contributed by atoms with Crippen LogP contribution in [-0.4, -0.2) is 27.6 Å². The van der Waals surface area contributed by atoms with Gasteiger partial charge in [0, 0.05) is 35.1 Å². The Kier molecular flexibility index (Phi) is 6.09. The van der Waals surface area contributed by atoms with E-state index < -0.39 is 0 Å². The number of fused-ring (bicyclic) bond motifs is 1. The minimum absolute atomic E-state index is 0.213. The fraction of sp³-hybridized carbons (Fsp3) is 0.111. The smallest absolute Gasteiger partial charge is 0.255 e. The van der Waals surface area contributed by atoms with Gasteiger partial charge in [-0.05, 0) is 56.3 Å². The Morgan fingerprint density at radius 2 is 1.63 bits per heavy atom. The van der Waals surface area contributed by atoms with Gasteiger partial charge in [0.25, 0.3) is 5.91 Å². The fourth-order valence-corrected chi connectivity index (χ4v) is 3.77. The van der Waals surface area contributed by atoms with Crippen LogP contribution in [0.4, 0.5) is 23.0 Å². The Hall–Kier alpha value is -4.72. The van der Waals surface area contributed by atoms with E-state index in [1.54, 1.807) is 18.2 Å². The van der Waals surface area contributed by atoms with E-state index in [9.17, 15) is 4.79 Å². The molecule has 0 aliphatic carbocycles. The van der Waals surface area contributed by atoms with Gasteiger partial charge < -0.3 is 20.5 Å². The molecule has 0 atom stereocenters. The molecule has 0 radical (unpaired) electrons. The lowest BCUT2D eigenvalue weighted by molar-refractivity contribution is 0.102. The number of aromatic nitrogens is 3. The van der Waals surface area contributed by atoms with Crippen molar-refractivity contribution in [3.63, 3.8) is 0 Å². The second kappa shape index (κ2) is 9.64. The van der Waals surface area contributed by atoms with Gasteiger partial charge in [0.2, 0.25) is 0 Å². The van der Waals surface area contributed by atoms with Gasteiger partial charge in [0.05, 0.1) is 5.39 Å². The number of hydrogen-bond acceptors (Lipinski definition) is 7. The van der Waals surface area contributed by atoms with E-state index >= 15 is 0 Å². The van der Waals surface area contributed by atoms with Crippen LogP contribution in [0.5, 0.6) is 0 Å². The molecule has 1 amide bonds. The predicted octanol–water partition coefficient (Wildman–Crippen LogP) is 6.02. The standard InChI is InChI=1S/C27H24N6O2/c1-3-28-24-16-25(30-17(2)29-24)31-20-10-12-21(13-11-20)32-27(34)19-9-14-23-22(15-19)26(35-33-23)18-7-5-4-6-8-18/h4-16H,3H2,1-2H3,(H,32,34)(H2,28,29,30,31). The number of rotatable bonds is 7. The lowest BCUT2D eigenvalue weighted by Crippen LogP contribution is -2.11. The molecular weight excluding hydrogens is 440 g/mol. The third-order valence-electron chi connectivity index (χ3n) is 5.39. The molecule has 0 unspecified atom stereocenters. The lowest BCUT2D eigenvalue weighted by Gasteiger charge is -2.10. The lowest BCUT2D eigenvalue weighted by atomic mass is 10.1. The molecule has 3 N–H and O–H groups in total. The molecule has 5 aromatic rings. The van der Waals surface area contributed by atoms with Gasteiger partial charge in [-0.1, -0.05) is 35.5 Å². The first-order chi connectivity index (χ1) is 17.1. The van der Waals surface area contributed by atoms with Crippen LogP contribution in [0, 0.1) is 6.92 Å². The molecule has 0 fully saturated rings. The maximum Gasteiger partial charge on any atom is 0.255 e. The number of amides is 1. The highest BCUT2D eigenvalue weighted by molar-refractivity contribution is 6.07. The Morgan fingerprint density at radius 3 is 2.40 bits per heavy atom. The van der Waals surface area contributed by atoms with Gasteiger partial charge in [-0.2, -0.15) is 0 Å². The molecule has 3 aromatic carbocycles. The number of anilines is 4. The first kappa shape index (κ1) is 22.1. The van der Waals surface area contributed by atoms with Crippen molar-refractivity contribution >= 4 is 39.8 Å². The Bertz CT molecular complexity index is 1480. The van der Waals surface area contributed by atoms with E-state index in [0.717, 1.165) is 29.0 Å². The molecular formula is C27H24N6O2. The summed E-state index contributed by atoms with van der Waals surface area (Å²) in [6.45, 7) is 4.65. The van der Waals surface area contributed by atoms with Crippen LogP contribution in [-0.2, 0) is 0 Å². The summed E-state index contributed by atoms with van der Waals surface area (Å²) in [6, 6.07) is 24.4. The number of nitrogens with zero attached hydrogens (tertiary/aromatic N) is 3. The summed E-state index contributed by atoms with van der Waals surface area (Å²) in [5.74, 6) is 2.57. The molecule has 0 aliphatic heterocycles. The summed E-state index contributed by atoms with van der Waals surface area (Å²) in [5, 5.41) is 14.3. The first-order valence-corrected chi connectivity index (χ1v) is 11.3. The second-order valence-corrected chi connectivity index (χ2v) is 7.98. The number of carbonyl (C=O) groups excluding carboxylic acids is 1.